The average Bonchev–Trinajstić information content (AvgIpc) is 2.59. The molecule has 1 aromatic rings. The van der Waals surface area contributed by atoms with E-state index in [2.05, 4.69) is 11.6 Å². The predicted octanol–water partition coefficient (Wildman–Crippen LogP) is 1.99. The van der Waals surface area contributed by atoms with Crippen molar-refractivity contribution in [3.63, 3.8) is 0 Å². The van der Waals surface area contributed by atoms with Crippen molar-refractivity contribution < 1.29 is 18.3 Å². The van der Waals surface area contributed by atoms with E-state index in [1.807, 2.05) is 0 Å². The summed E-state index contributed by atoms with van der Waals surface area (Å²) in [7, 11) is 1.66. The summed E-state index contributed by atoms with van der Waals surface area (Å²) in [4.78, 5) is 3.85. The van der Waals surface area contributed by atoms with Crippen LogP contribution < -0.4 is 0 Å². The van der Waals surface area contributed by atoms with Gasteiger partial charge >= 0.3 is 6.18 Å². The van der Waals surface area contributed by atoms with Gasteiger partial charge in [0.15, 0.2) is 10.8 Å². The van der Waals surface area contributed by atoms with Crippen molar-refractivity contribution in [2.75, 3.05) is 5.75 Å². The van der Waals surface area contributed by atoms with E-state index in [4.69, 9.17) is 0 Å². The highest BCUT2D eigenvalue weighted by Gasteiger charge is 2.51. The van der Waals surface area contributed by atoms with Crippen LogP contribution in [0.15, 0.2) is 30.2 Å². The summed E-state index contributed by atoms with van der Waals surface area (Å²) < 4.78 is 39.0. The van der Waals surface area contributed by atoms with Crippen molar-refractivity contribution in [3.8, 4) is 0 Å². The summed E-state index contributed by atoms with van der Waals surface area (Å²) in [6.45, 7) is 3.01. The first-order valence-electron chi connectivity index (χ1n) is 4.33. The molecule has 7 heteroatoms. The van der Waals surface area contributed by atoms with Gasteiger partial charge in [0.05, 0.1) is 0 Å². The highest BCUT2D eigenvalue weighted by molar-refractivity contribution is 7.99. The first-order valence-corrected chi connectivity index (χ1v) is 5.31. The predicted molar refractivity (Wildman–Crippen MR) is 55.1 cm³/mol. The molecule has 90 valence electrons. The minimum Gasteiger partial charge on any atom is -0.376 e. The number of imidazole rings is 1. The average molecular weight is 252 g/mol. The molecule has 0 bridgehead atoms. The zero-order valence-electron chi connectivity index (χ0n) is 8.53. The minimum atomic E-state index is -4.73. The summed E-state index contributed by atoms with van der Waals surface area (Å²) in [6, 6.07) is 0. The molecule has 1 unspecified atom stereocenters. The summed E-state index contributed by atoms with van der Waals surface area (Å²) in [6.07, 6.45) is -1.14. The van der Waals surface area contributed by atoms with Gasteiger partial charge in [0.25, 0.3) is 0 Å². The molecule has 1 heterocycles. The van der Waals surface area contributed by atoms with Crippen molar-refractivity contribution in [2.24, 2.45) is 7.05 Å². The fourth-order valence-electron chi connectivity index (χ4n) is 0.922. The van der Waals surface area contributed by atoms with Crippen molar-refractivity contribution in [3.05, 3.63) is 25.0 Å². The second-order valence-electron chi connectivity index (χ2n) is 3.24. The van der Waals surface area contributed by atoms with Crippen molar-refractivity contribution in [2.45, 2.75) is 16.9 Å². The van der Waals surface area contributed by atoms with Crippen molar-refractivity contribution in [1.29, 1.82) is 0 Å². The van der Waals surface area contributed by atoms with Crippen molar-refractivity contribution >= 4 is 11.8 Å². The number of thioether (sulfide) groups is 1. The van der Waals surface area contributed by atoms with E-state index in [1.54, 1.807) is 17.8 Å². The fourth-order valence-corrected chi connectivity index (χ4v) is 1.95. The monoisotopic (exact) mass is 252 g/mol. The lowest BCUT2D eigenvalue weighted by atomic mass is 10.1. The van der Waals surface area contributed by atoms with E-state index < -0.39 is 17.5 Å². The molecule has 0 aliphatic carbocycles. The third-order valence-electron chi connectivity index (χ3n) is 2.03. The molecule has 1 N–H and O–H groups in total. The zero-order chi connectivity index (χ0) is 12.4. The molecule has 0 aliphatic heterocycles. The van der Waals surface area contributed by atoms with Gasteiger partial charge in [-0.1, -0.05) is 24.4 Å². The van der Waals surface area contributed by atoms with E-state index in [0.29, 0.717) is 11.2 Å². The number of alkyl halides is 3. The Labute approximate surface area is 95.0 Å². The van der Waals surface area contributed by atoms with E-state index in [-0.39, 0.29) is 0 Å². The molecule has 1 rings (SSSR count). The normalized spacial score (nSPS) is 15.8. The summed E-state index contributed by atoms with van der Waals surface area (Å²) in [5.74, 6) is -0.565. The van der Waals surface area contributed by atoms with Crippen LogP contribution in [0.3, 0.4) is 0 Å². The molecular formula is C9H11F3N2OS. The number of hydrogen-bond donors (Lipinski definition) is 1. The van der Waals surface area contributed by atoms with Gasteiger partial charge in [-0.3, -0.25) is 0 Å². The fraction of sp³-hybridized carbons (Fsp3) is 0.444. The number of aromatic nitrogens is 2. The van der Waals surface area contributed by atoms with Gasteiger partial charge in [0, 0.05) is 25.2 Å². The number of hydrogen-bond acceptors (Lipinski definition) is 3. The van der Waals surface area contributed by atoms with Crippen LogP contribution in [0.1, 0.15) is 0 Å². The molecule has 0 saturated heterocycles. The van der Waals surface area contributed by atoms with Crippen LogP contribution in [0.2, 0.25) is 0 Å². The first kappa shape index (κ1) is 13.1. The molecule has 0 fully saturated rings. The van der Waals surface area contributed by atoms with Gasteiger partial charge in [-0.05, 0) is 0 Å². The standard InChI is InChI=1S/C9H11F3N2OS/c1-3-8(15,9(10,11)12)6-16-7-13-4-5-14(7)2/h3-5,15H,1,6H2,2H3. The van der Waals surface area contributed by atoms with Crippen LogP contribution in [0.5, 0.6) is 0 Å². The quantitative estimate of drug-likeness (QED) is 0.658. The van der Waals surface area contributed by atoms with Gasteiger partial charge in [-0.25, -0.2) is 4.98 Å². The van der Waals surface area contributed by atoms with Crippen LogP contribution in [-0.4, -0.2) is 32.2 Å². The molecule has 3 nitrogen and oxygen atoms in total. The van der Waals surface area contributed by atoms with E-state index in [9.17, 15) is 18.3 Å². The summed E-state index contributed by atoms with van der Waals surface area (Å²) in [5.41, 5.74) is -2.89. The SMILES string of the molecule is C=CC(O)(CSc1nccn1C)C(F)(F)F. The zero-order valence-corrected chi connectivity index (χ0v) is 9.35. The van der Waals surface area contributed by atoms with Gasteiger partial charge in [0.1, 0.15) is 0 Å². The van der Waals surface area contributed by atoms with Gasteiger partial charge in [-0.15, -0.1) is 0 Å². The molecule has 0 aliphatic rings. The largest absolute Gasteiger partial charge is 0.421 e. The maximum Gasteiger partial charge on any atom is 0.421 e. The number of aryl methyl sites for hydroxylation is 1. The number of halogens is 3. The highest BCUT2D eigenvalue weighted by atomic mass is 32.2. The van der Waals surface area contributed by atoms with Crippen molar-refractivity contribution in [1.82, 2.24) is 9.55 Å². The third-order valence-corrected chi connectivity index (χ3v) is 3.26. The topological polar surface area (TPSA) is 38.1 Å². The Kier molecular flexibility index (Phi) is 3.69. The third kappa shape index (κ3) is 2.59. The summed E-state index contributed by atoms with van der Waals surface area (Å²) >= 11 is 0.823. The summed E-state index contributed by atoms with van der Waals surface area (Å²) in [5, 5.41) is 9.75. The van der Waals surface area contributed by atoms with Crippen LogP contribution in [0.4, 0.5) is 13.2 Å². The molecule has 0 amide bonds. The Morgan fingerprint density at radius 2 is 2.25 bits per heavy atom. The molecule has 0 spiro atoms. The Morgan fingerprint density at radius 3 is 2.62 bits per heavy atom. The minimum absolute atomic E-state index is 0.407. The molecule has 16 heavy (non-hydrogen) atoms. The Morgan fingerprint density at radius 1 is 1.62 bits per heavy atom. The highest BCUT2D eigenvalue weighted by Crippen LogP contribution is 2.35. The Hall–Kier alpha value is -0.950. The van der Waals surface area contributed by atoms with Gasteiger partial charge < -0.3 is 9.67 Å². The maximum absolute atomic E-state index is 12.5. The van der Waals surface area contributed by atoms with Gasteiger partial charge in [0.2, 0.25) is 0 Å². The number of aliphatic hydroxyl groups is 1. The number of rotatable bonds is 4. The van der Waals surface area contributed by atoms with Crippen LogP contribution in [-0.2, 0) is 7.05 Å². The molecule has 1 aromatic heterocycles. The smallest absolute Gasteiger partial charge is 0.376 e. The van der Waals surface area contributed by atoms with E-state index in [0.717, 1.165) is 11.8 Å². The lowest BCUT2D eigenvalue weighted by molar-refractivity contribution is -0.230. The molecule has 0 aromatic carbocycles. The Balaban J connectivity index is 2.73. The van der Waals surface area contributed by atoms with Gasteiger partial charge in [-0.2, -0.15) is 13.2 Å². The second kappa shape index (κ2) is 4.50. The first-order chi connectivity index (χ1) is 7.30. The van der Waals surface area contributed by atoms with E-state index in [1.165, 1.54) is 6.20 Å². The molecule has 0 radical (unpaired) electrons. The maximum atomic E-state index is 12.5. The van der Waals surface area contributed by atoms with Crippen LogP contribution in [0, 0.1) is 0 Å². The van der Waals surface area contributed by atoms with E-state index >= 15 is 0 Å². The molecule has 0 saturated carbocycles. The van der Waals surface area contributed by atoms with Crippen LogP contribution >= 0.6 is 11.8 Å². The lowest BCUT2D eigenvalue weighted by Gasteiger charge is -2.26. The van der Waals surface area contributed by atoms with Crippen LogP contribution in [0.25, 0.3) is 0 Å². The molecular weight excluding hydrogens is 241 g/mol. The number of nitrogens with zero attached hydrogens (tertiary/aromatic N) is 2. The molecule has 1 atom stereocenters. The Bertz CT molecular complexity index is 377. The lowest BCUT2D eigenvalue weighted by Crippen LogP contribution is -2.45. The second-order valence-corrected chi connectivity index (χ2v) is 4.18.